The number of imidazole rings is 1. The van der Waals surface area contributed by atoms with E-state index in [1.54, 1.807) is 10.9 Å². The van der Waals surface area contributed by atoms with Gasteiger partial charge in [-0.15, -0.1) is 0 Å². The van der Waals surface area contributed by atoms with E-state index in [0.717, 1.165) is 30.3 Å². The Balaban J connectivity index is 2.71. The van der Waals surface area contributed by atoms with Gasteiger partial charge in [0.25, 0.3) is 5.56 Å². The maximum atomic E-state index is 12.6. The van der Waals surface area contributed by atoms with E-state index in [-0.39, 0.29) is 0 Å². The Labute approximate surface area is 133 Å². The molecule has 0 atom stereocenters. The van der Waals surface area contributed by atoms with Crippen LogP contribution in [-0.2, 0) is 24.4 Å². The van der Waals surface area contributed by atoms with Gasteiger partial charge in [-0.25, -0.2) is 14.3 Å². The molecule has 0 aliphatic heterocycles. The van der Waals surface area contributed by atoms with Crippen molar-refractivity contribution in [1.82, 2.24) is 18.7 Å². The van der Waals surface area contributed by atoms with Crippen LogP contribution < -0.4 is 17.0 Å². The van der Waals surface area contributed by atoms with Crippen LogP contribution in [0.25, 0.3) is 11.2 Å². The van der Waals surface area contributed by atoms with Crippen LogP contribution in [-0.4, -0.2) is 24.6 Å². The predicted octanol–water partition coefficient (Wildman–Crippen LogP) is 0.445. The van der Waals surface area contributed by atoms with E-state index in [4.69, 9.17) is 5.73 Å². The number of rotatable bonds is 8. The molecule has 0 radical (unpaired) electrons. The second-order valence-electron chi connectivity index (χ2n) is 5.61. The summed E-state index contributed by atoms with van der Waals surface area (Å²) in [6, 6.07) is 0. The largest absolute Gasteiger partial charge is 0.368 e. The van der Waals surface area contributed by atoms with Crippen molar-refractivity contribution in [1.29, 1.82) is 0 Å². The van der Waals surface area contributed by atoms with Crippen LogP contribution in [0.2, 0.25) is 0 Å². The molecule has 0 bridgehead atoms. The van der Waals surface area contributed by atoms with E-state index >= 15 is 0 Å². The minimum Gasteiger partial charge on any atom is -0.368 e. The van der Waals surface area contributed by atoms with E-state index in [0.29, 0.717) is 24.3 Å². The molecule has 0 aromatic carbocycles. The average Bonchev–Trinajstić information content (AvgIpc) is 2.93. The molecule has 2 heterocycles. The van der Waals surface area contributed by atoms with Gasteiger partial charge < -0.3 is 10.3 Å². The van der Waals surface area contributed by atoms with Gasteiger partial charge in [0.2, 0.25) is 5.91 Å². The molecule has 23 heavy (non-hydrogen) atoms. The van der Waals surface area contributed by atoms with Gasteiger partial charge in [-0.2, -0.15) is 0 Å². The number of nitrogens with zero attached hydrogens (tertiary/aromatic N) is 4. The number of hydrogen-bond acceptors (Lipinski definition) is 4. The van der Waals surface area contributed by atoms with Gasteiger partial charge in [-0.3, -0.25) is 14.2 Å². The van der Waals surface area contributed by atoms with Crippen molar-refractivity contribution >= 4 is 17.1 Å². The molecule has 2 aromatic heterocycles. The van der Waals surface area contributed by atoms with Crippen molar-refractivity contribution in [2.75, 3.05) is 0 Å². The Morgan fingerprint density at radius 1 is 1.13 bits per heavy atom. The average molecular weight is 321 g/mol. The molecule has 2 rings (SSSR count). The van der Waals surface area contributed by atoms with E-state index in [1.165, 1.54) is 4.57 Å². The Bertz CT molecular complexity index is 815. The van der Waals surface area contributed by atoms with Crippen molar-refractivity contribution < 1.29 is 4.79 Å². The quantitative estimate of drug-likeness (QED) is 0.761. The lowest BCUT2D eigenvalue weighted by Gasteiger charge is -2.11. The highest BCUT2D eigenvalue weighted by molar-refractivity contribution is 5.74. The van der Waals surface area contributed by atoms with Gasteiger partial charge in [-0.1, -0.05) is 26.7 Å². The highest BCUT2D eigenvalue weighted by atomic mass is 16.2. The highest BCUT2D eigenvalue weighted by Crippen LogP contribution is 2.09. The van der Waals surface area contributed by atoms with E-state index in [9.17, 15) is 14.4 Å². The third-order valence-corrected chi connectivity index (χ3v) is 3.79. The lowest BCUT2D eigenvalue weighted by molar-refractivity contribution is -0.118. The van der Waals surface area contributed by atoms with Crippen LogP contribution in [0.5, 0.6) is 0 Å². The predicted molar refractivity (Wildman–Crippen MR) is 87.3 cm³/mol. The molecule has 0 aliphatic rings. The fourth-order valence-corrected chi connectivity index (χ4v) is 2.55. The molecule has 126 valence electrons. The zero-order valence-corrected chi connectivity index (χ0v) is 13.6. The standard InChI is InChI=1S/C15H23N5O3/c1-3-5-7-18-10-17-13-12(18)14(22)20(9-11(16)21)15(23)19(13)8-6-4-2/h10H,3-9H2,1-2H3,(H2,16,21). The van der Waals surface area contributed by atoms with E-state index in [1.807, 2.05) is 6.92 Å². The number of hydrogen-bond donors (Lipinski definition) is 1. The van der Waals surface area contributed by atoms with Gasteiger partial charge >= 0.3 is 5.69 Å². The summed E-state index contributed by atoms with van der Waals surface area (Å²) in [5.74, 6) is -0.717. The van der Waals surface area contributed by atoms with Crippen LogP contribution >= 0.6 is 0 Å². The molecular formula is C15H23N5O3. The molecule has 8 heteroatoms. The fraction of sp³-hybridized carbons (Fsp3) is 0.600. The molecule has 1 amide bonds. The Hall–Kier alpha value is -2.38. The minimum absolute atomic E-state index is 0.357. The maximum Gasteiger partial charge on any atom is 0.333 e. The first-order valence-electron chi connectivity index (χ1n) is 7.98. The van der Waals surface area contributed by atoms with Gasteiger partial charge in [-0.05, 0) is 12.8 Å². The third-order valence-electron chi connectivity index (χ3n) is 3.79. The van der Waals surface area contributed by atoms with Crippen molar-refractivity contribution in [2.24, 2.45) is 5.73 Å². The molecule has 0 saturated heterocycles. The topological polar surface area (TPSA) is 105 Å². The van der Waals surface area contributed by atoms with Crippen molar-refractivity contribution in [2.45, 2.75) is 59.2 Å². The summed E-state index contributed by atoms with van der Waals surface area (Å²) >= 11 is 0. The Morgan fingerprint density at radius 2 is 1.78 bits per heavy atom. The van der Waals surface area contributed by atoms with E-state index < -0.39 is 23.7 Å². The first-order valence-corrected chi connectivity index (χ1v) is 7.98. The minimum atomic E-state index is -0.717. The van der Waals surface area contributed by atoms with Crippen LogP contribution in [0.3, 0.4) is 0 Å². The zero-order valence-electron chi connectivity index (χ0n) is 13.6. The molecule has 2 N–H and O–H groups in total. The molecule has 0 fully saturated rings. The van der Waals surface area contributed by atoms with Crippen molar-refractivity contribution in [3.05, 3.63) is 27.2 Å². The second kappa shape index (κ2) is 7.26. The highest BCUT2D eigenvalue weighted by Gasteiger charge is 2.18. The lowest BCUT2D eigenvalue weighted by atomic mass is 10.3. The molecule has 2 aromatic rings. The number of aromatic nitrogens is 4. The first-order chi connectivity index (χ1) is 11.0. The number of amides is 1. The number of primary amides is 1. The van der Waals surface area contributed by atoms with Gasteiger partial charge in [0.05, 0.1) is 6.33 Å². The number of fused-ring (bicyclic) bond motifs is 1. The van der Waals surface area contributed by atoms with Gasteiger partial charge in [0.15, 0.2) is 11.2 Å². The summed E-state index contributed by atoms with van der Waals surface area (Å²) in [6.07, 6.45) is 5.14. The van der Waals surface area contributed by atoms with Crippen LogP contribution in [0.15, 0.2) is 15.9 Å². The maximum absolute atomic E-state index is 12.6. The lowest BCUT2D eigenvalue weighted by Crippen LogP contribution is -2.43. The number of unbranched alkanes of at least 4 members (excludes halogenated alkanes) is 2. The van der Waals surface area contributed by atoms with Gasteiger partial charge in [0.1, 0.15) is 6.54 Å². The fourth-order valence-electron chi connectivity index (χ4n) is 2.55. The first kappa shape index (κ1) is 17.0. The van der Waals surface area contributed by atoms with E-state index in [2.05, 4.69) is 11.9 Å². The summed E-state index contributed by atoms with van der Waals surface area (Å²) in [6.45, 7) is 4.75. The van der Waals surface area contributed by atoms with Crippen LogP contribution in [0.1, 0.15) is 39.5 Å². The molecule has 0 unspecified atom stereocenters. The monoisotopic (exact) mass is 321 g/mol. The smallest absolute Gasteiger partial charge is 0.333 e. The number of nitrogens with two attached hydrogens (primary N) is 1. The molecular weight excluding hydrogens is 298 g/mol. The molecule has 0 saturated carbocycles. The molecule has 0 spiro atoms. The Kier molecular flexibility index (Phi) is 5.36. The summed E-state index contributed by atoms with van der Waals surface area (Å²) < 4.78 is 4.12. The number of aryl methyl sites for hydroxylation is 2. The zero-order chi connectivity index (χ0) is 17.0. The van der Waals surface area contributed by atoms with Crippen molar-refractivity contribution in [3.8, 4) is 0 Å². The summed E-state index contributed by atoms with van der Waals surface area (Å²) in [5.41, 5.74) is 4.88. The molecule has 8 nitrogen and oxygen atoms in total. The summed E-state index contributed by atoms with van der Waals surface area (Å²) in [7, 11) is 0. The third kappa shape index (κ3) is 3.35. The number of carbonyl (C=O) groups is 1. The second-order valence-corrected chi connectivity index (χ2v) is 5.61. The summed E-state index contributed by atoms with van der Waals surface area (Å²) in [5, 5.41) is 0. The molecule has 0 aliphatic carbocycles. The SMILES string of the molecule is CCCCn1cnc2c1c(=O)n(CC(N)=O)c(=O)n2CCCC. The summed E-state index contributed by atoms with van der Waals surface area (Å²) in [4.78, 5) is 40.7. The van der Waals surface area contributed by atoms with Crippen LogP contribution in [0, 0.1) is 0 Å². The number of carbonyl (C=O) groups excluding carboxylic acids is 1. The van der Waals surface area contributed by atoms with Gasteiger partial charge in [0, 0.05) is 13.1 Å². The Morgan fingerprint density at radius 3 is 2.39 bits per heavy atom. The normalized spacial score (nSPS) is 11.2. The van der Waals surface area contributed by atoms with Crippen LogP contribution in [0.4, 0.5) is 0 Å². The van der Waals surface area contributed by atoms with Crippen molar-refractivity contribution in [3.63, 3.8) is 0 Å².